The number of aliphatic imine (C=N–C) groups is 1. The van der Waals surface area contributed by atoms with Crippen LogP contribution < -0.4 is 0 Å². The maximum atomic E-state index is 11.3. The molecule has 1 aromatic rings. The van der Waals surface area contributed by atoms with E-state index in [0.29, 0.717) is 24.1 Å². The van der Waals surface area contributed by atoms with Gasteiger partial charge in [-0.25, -0.2) is 4.79 Å². The lowest BCUT2D eigenvalue weighted by Crippen LogP contribution is -2.01. The van der Waals surface area contributed by atoms with Gasteiger partial charge in [0.25, 0.3) is 0 Å². The van der Waals surface area contributed by atoms with Gasteiger partial charge in [-0.2, -0.15) is 0 Å². The first-order valence-corrected chi connectivity index (χ1v) is 5.21. The monoisotopic (exact) mass is 237 g/mol. The minimum Gasteiger partial charge on any atom is -0.507 e. The number of methoxy groups -OCH3 is 1. The van der Waals surface area contributed by atoms with Gasteiger partial charge in [-0.3, -0.25) is 4.99 Å². The van der Waals surface area contributed by atoms with Crippen LogP contribution in [0.2, 0.25) is 0 Å². The Morgan fingerprint density at radius 1 is 1.53 bits per heavy atom. The number of ether oxygens (including phenoxy) is 1. The molecule has 92 valence electrons. The van der Waals surface area contributed by atoms with E-state index in [0.717, 1.165) is 0 Å². The van der Waals surface area contributed by atoms with Gasteiger partial charge in [-0.1, -0.05) is 0 Å². The van der Waals surface area contributed by atoms with Crippen LogP contribution in [0.3, 0.4) is 0 Å². The molecule has 17 heavy (non-hydrogen) atoms. The van der Waals surface area contributed by atoms with Gasteiger partial charge in [0.2, 0.25) is 0 Å². The van der Waals surface area contributed by atoms with E-state index in [1.807, 2.05) is 0 Å². The van der Waals surface area contributed by atoms with E-state index in [-0.39, 0.29) is 12.4 Å². The van der Waals surface area contributed by atoms with Gasteiger partial charge in [-0.15, -0.1) is 0 Å². The fraction of sp³-hybridized carbons (Fsp3) is 0.333. The van der Waals surface area contributed by atoms with Crippen LogP contribution in [0.25, 0.3) is 0 Å². The summed E-state index contributed by atoms with van der Waals surface area (Å²) in [6.07, 6.45) is 2.03. The molecule has 1 rings (SSSR count). The number of carbonyl (C=O) groups is 1. The predicted octanol–water partition coefficient (Wildman–Crippen LogP) is 0.980. The Kier molecular flexibility index (Phi) is 5.16. The number of phenols is 1. The molecule has 5 nitrogen and oxygen atoms in total. The van der Waals surface area contributed by atoms with Crippen LogP contribution in [0.15, 0.2) is 23.2 Å². The number of rotatable bonds is 5. The lowest BCUT2D eigenvalue weighted by Gasteiger charge is -2.02. The maximum Gasteiger partial charge on any atom is 0.337 e. The molecule has 0 amide bonds. The van der Waals surface area contributed by atoms with Crippen LogP contribution >= 0.6 is 0 Å². The molecular formula is C12H15NO4. The average Bonchev–Trinajstić information content (AvgIpc) is 2.35. The van der Waals surface area contributed by atoms with E-state index in [1.54, 1.807) is 0 Å². The van der Waals surface area contributed by atoms with E-state index in [2.05, 4.69) is 9.73 Å². The highest BCUT2D eigenvalue weighted by molar-refractivity contribution is 5.93. The van der Waals surface area contributed by atoms with Gasteiger partial charge in [0.1, 0.15) is 5.75 Å². The molecule has 0 heterocycles. The quantitative estimate of drug-likeness (QED) is 0.454. The fourth-order valence-corrected chi connectivity index (χ4v) is 1.23. The first-order valence-electron chi connectivity index (χ1n) is 5.21. The van der Waals surface area contributed by atoms with Crippen LogP contribution in [0, 0.1) is 0 Å². The second-order valence-electron chi connectivity index (χ2n) is 3.38. The average molecular weight is 237 g/mol. The number of aliphatic hydroxyl groups excluding tert-OH is 1. The third-order valence-corrected chi connectivity index (χ3v) is 2.12. The summed E-state index contributed by atoms with van der Waals surface area (Å²) in [6.45, 7) is 0.546. The van der Waals surface area contributed by atoms with Crippen LogP contribution in [0.4, 0.5) is 0 Å². The Morgan fingerprint density at radius 2 is 2.29 bits per heavy atom. The van der Waals surface area contributed by atoms with Crippen molar-refractivity contribution in [2.75, 3.05) is 20.3 Å². The molecule has 0 aliphatic rings. The maximum absolute atomic E-state index is 11.3. The molecule has 0 saturated carbocycles. The van der Waals surface area contributed by atoms with Crippen LogP contribution in [0.1, 0.15) is 22.3 Å². The lowest BCUT2D eigenvalue weighted by molar-refractivity contribution is 0.0600. The Labute approximate surface area is 99.4 Å². The summed E-state index contributed by atoms with van der Waals surface area (Å²) in [5, 5.41) is 18.1. The number of aromatic hydroxyl groups is 1. The number of benzene rings is 1. The topological polar surface area (TPSA) is 79.1 Å². The summed E-state index contributed by atoms with van der Waals surface area (Å²) in [7, 11) is 1.30. The zero-order valence-corrected chi connectivity index (χ0v) is 9.59. The van der Waals surface area contributed by atoms with Crippen LogP contribution in [-0.4, -0.2) is 42.7 Å². The molecule has 0 atom stereocenters. The number of hydrogen-bond acceptors (Lipinski definition) is 5. The Morgan fingerprint density at radius 3 is 2.94 bits per heavy atom. The standard InChI is InChI=1S/C12H15NO4/c1-17-12(16)9-3-4-11(15)10(7-9)8-13-5-2-6-14/h3-4,7-8,14-15H,2,5-6H2,1H3. The Hall–Kier alpha value is -1.88. The van der Waals surface area contributed by atoms with Gasteiger partial charge in [-0.05, 0) is 24.6 Å². The van der Waals surface area contributed by atoms with Crippen molar-refractivity contribution in [3.63, 3.8) is 0 Å². The van der Waals surface area contributed by atoms with Crippen molar-refractivity contribution in [3.05, 3.63) is 29.3 Å². The second kappa shape index (κ2) is 6.65. The second-order valence-corrected chi connectivity index (χ2v) is 3.38. The van der Waals surface area contributed by atoms with E-state index >= 15 is 0 Å². The molecule has 0 aliphatic carbocycles. The summed E-state index contributed by atoms with van der Waals surface area (Å²) >= 11 is 0. The highest BCUT2D eigenvalue weighted by Crippen LogP contribution is 2.17. The van der Waals surface area contributed by atoms with E-state index < -0.39 is 5.97 Å². The predicted molar refractivity (Wildman–Crippen MR) is 63.6 cm³/mol. The molecule has 0 radical (unpaired) electrons. The number of hydrogen-bond donors (Lipinski definition) is 2. The van der Waals surface area contributed by atoms with E-state index in [9.17, 15) is 9.90 Å². The molecule has 0 aromatic heterocycles. The highest BCUT2D eigenvalue weighted by atomic mass is 16.5. The lowest BCUT2D eigenvalue weighted by atomic mass is 10.1. The number of phenolic OH excluding ortho intramolecular Hbond substituents is 1. The third-order valence-electron chi connectivity index (χ3n) is 2.12. The van der Waals surface area contributed by atoms with Crippen molar-refractivity contribution in [1.82, 2.24) is 0 Å². The Balaban J connectivity index is 2.83. The molecule has 2 N–H and O–H groups in total. The molecule has 0 bridgehead atoms. The van der Waals surface area contributed by atoms with Gasteiger partial charge < -0.3 is 14.9 Å². The van der Waals surface area contributed by atoms with Gasteiger partial charge in [0.05, 0.1) is 12.7 Å². The molecule has 5 heteroatoms. The van der Waals surface area contributed by atoms with Crippen molar-refractivity contribution >= 4 is 12.2 Å². The van der Waals surface area contributed by atoms with E-state index in [1.165, 1.54) is 31.5 Å². The van der Waals surface area contributed by atoms with Crippen LogP contribution in [-0.2, 0) is 4.74 Å². The summed E-state index contributed by atoms with van der Waals surface area (Å²) in [6, 6.07) is 4.40. The van der Waals surface area contributed by atoms with Crippen molar-refractivity contribution < 1.29 is 19.7 Å². The molecule has 0 spiro atoms. The molecular weight excluding hydrogens is 222 g/mol. The molecule has 0 saturated heterocycles. The number of nitrogens with zero attached hydrogens (tertiary/aromatic N) is 1. The minimum atomic E-state index is -0.463. The third kappa shape index (κ3) is 3.88. The zero-order chi connectivity index (χ0) is 12.7. The van der Waals surface area contributed by atoms with Crippen molar-refractivity contribution in [2.45, 2.75) is 6.42 Å². The summed E-state index contributed by atoms with van der Waals surface area (Å²) in [5.41, 5.74) is 0.805. The molecule has 0 unspecified atom stereocenters. The minimum absolute atomic E-state index is 0.0467. The number of carbonyl (C=O) groups excluding carboxylic acids is 1. The largest absolute Gasteiger partial charge is 0.507 e. The van der Waals surface area contributed by atoms with Gasteiger partial charge in [0.15, 0.2) is 0 Å². The van der Waals surface area contributed by atoms with Gasteiger partial charge in [0, 0.05) is 24.9 Å². The molecule has 0 aliphatic heterocycles. The van der Waals surface area contributed by atoms with Crippen LogP contribution in [0.5, 0.6) is 5.75 Å². The number of esters is 1. The first kappa shape index (κ1) is 13.2. The normalized spacial score (nSPS) is 10.7. The fourth-order valence-electron chi connectivity index (χ4n) is 1.23. The summed E-state index contributed by atoms with van der Waals surface area (Å²) < 4.78 is 4.58. The molecule has 0 fully saturated rings. The van der Waals surface area contributed by atoms with Crippen molar-refractivity contribution in [3.8, 4) is 5.75 Å². The first-order chi connectivity index (χ1) is 8.19. The van der Waals surface area contributed by atoms with Crippen molar-refractivity contribution in [1.29, 1.82) is 0 Å². The smallest absolute Gasteiger partial charge is 0.337 e. The molecule has 1 aromatic carbocycles. The Bertz CT molecular complexity index is 415. The number of aliphatic hydroxyl groups is 1. The van der Waals surface area contributed by atoms with Crippen molar-refractivity contribution in [2.24, 2.45) is 4.99 Å². The summed E-state index contributed by atoms with van der Waals surface area (Å²) in [4.78, 5) is 15.3. The SMILES string of the molecule is COC(=O)c1ccc(O)c(C=NCCCO)c1. The highest BCUT2D eigenvalue weighted by Gasteiger charge is 2.07. The zero-order valence-electron chi connectivity index (χ0n) is 9.59. The van der Waals surface area contributed by atoms with Gasteiger partial charge >= 0.3 is 5.97 Å². The van der Waals surface area contributed by atoms with E-state index in [4.69, 9.17) is 5.11 Å². The summed E-state index contributed by atoms with van der Waals surface area (Å²) in [5.74, 6) is -0.416.